The summed E-state index contributed by atoms with van der Waals surface area (Å²) in [6.07, 6.45) is 6.30. The lowest BCUT2D eigenvalue weighted by Crippen LogP contribution is -2.20. The van der Waals surface area contributed by atoms with Crippen LogP contribution >= 0.6 is 0 Å². The van der Waals surface area contributed by atoms with Crippen LogP contribution in [0.3, 0.4) is 0 Å². The fraction of sp³-hybridized carbons (Fsp3) is 0.125. The number of furan rings is 1. The average Bonchev–Trinajstić information content (AvgIpc) is 3.49. The van der Waals surface area contributed by atoms with Crippen LogP contribution in [0.4, 0.5) is 8.78 Å². The summed E-state index contributed by atoms with van der Waals surface area (Å²) < 4.78 is 46.7. The van der Waals surface area contributed by atoms with Crippen molar-refractivity contribution in [1.29, 1.82) is 5.26 Å². The maximum Gasteiger partial charge on any atom is 0.387 e. The number of fused-ring (bicyclic) bond motifs is 1. The van der Waals surface area contributed by atoms with Gasteiger partial charge in [0.25, 0.3) is 0 Å². The molecular weight excluding hydrogens is 446 g/mol. The fourth-order valence-corrected chi connectivity index (χ4v) is 3.48. The van der Waals surface area contributed by atoms with E-state index in [-0.39, 0.29) is 11.5 Å². The lowest BCUT2D eigenvalue weighted by molar-refractivity contribution is -0.0510. The number of oxazole rings is 1. The number of ether oxygens (including phenoxy) is 2. The molecule has 1 aliphatic rings. The Morgan fingerprint density at radius 2 is 2.09 bits per heavy atom. The number of hydrogen-bond donors (Lipinski definition) is 0. The Labute approximate surface area is 192 Å². The molecule has 0 radical (unpaired) electrons. The number of alkyl halides is 2. The third-order valence-electron chi connectivity index (χ3n) is 4.95. The van der Waals surface area contributed by atoms with Gasteiger partial charge in [-0.1, -0.05) is 12.1 Å². The molecule has 0 atom stereocenters. The summed E-state index contributed by atoms with van der Waals surface area (Å²) in [5, 5.41) is 9.26. The van der Waals surface area contributed by atoms with Gasteiger partial charge in [0.05, 0.1) is 18.4 Å². The Bertz CT molecular complexity index is 1420. The van der Waals surface area contributed by atoms with Gasteiger partial charge in [-0.15, -0.1) is 0 Å². The van der Waals surface area contributed by atoms with Crippen molar-refractivity contribution in [3.8, 4) is 23.3 Å². The van der Waals surface area contributed by atoms with Gasteiger partial charge in [-0.05, 0) is 29.8 Å². The summed E-state index contributed by atoms with van der Waals surface area (Å²) in [6.45, 7) is -2.30. The molecule has 8 nitrogen and oxygen atoms in total. The average molecular weight is 462 g/mol. The van der Waals surface area contributed by atoms with Gasteiger partial charge in [-0.25, -0.2) is 4.98 Å². The summed E-state index contributed by atoms with van der Waals surface area (Å²) in [4.78, 5) is 10.7. The number of nitrogens with zero attached hydrogens (tertiary/aromatic N) is 4. The third kappa shape index (κ3) is 4.45. The summed E-state index contributed by atoms with van der Waals surface area (Å²) in [7, 11) is 0. The molecule has 1 aliphatic heterocycles. The summed E-state index contributed by atoms with van der Waals surface area (Å²) >= 11 is 0. The number of rotatable bonds is 7. The minimum atomic E-state index is -3.00. The van der Waals surface area contributed by atoms with E-state index >= 15 is 0 Å². The molecule has 0 amide bonds. The Balaban J connectivity index is 1.41. The molecule has 4 aromatic rings. The number of nitriles is 1. The van der Waals surface area contributed by atoms with Crippen molar-refractivity contribution in [3.63, 3.8) is 0 Å². The van der Waals surface area contributed by atoms with Crippen LogP contribution in [-0.2, 0) is 6.54 Å². The van der Waals surface area contributed by atoms with Gasteiger partial charge in [0.15, 0.2) is 22.8 Å². The van der Waals surface area contributed by atoms with Gasteiger partial charge in [0.1, 0.15) is 24.5 Å². The smallest absolute Gasteiger partial charge is 0.387 e. The quantitative estimate of drug-likeness (QED) is 0.354. The predicted molar refractivity (Wildman–Crippen MR) is 117 cm³/mol. The Morgan fingerprint density at radius 3 is 2.88 bits per heavy atom. The van der Waals surface area contributed by atoms with Crippen molar-refractivity contribution in [1.82, 2.24) is 9.88 Å². The lowest BCUT2D eigenvalue weighted by Gasteiger charge is -2.21. The van der Waals surface area contributed by atoms with Crippen LogP contribution in [0.2, 0.25) is 0 Å². The van der Waals surface area contributed by atoms with Gasteiger partial charge >= 0.3 is 6.61 Å². The number of hydrogen-bond acceptors (Lipinski definition) is 8. The normalized spacial score (nSPS) is 13.2. The molecule has 2 aromatic heterocycles. The molecule has 0 aliphatic carbocycles. The number of halogens is 2. The number of aromatic nitrogens is 1. The molecule has 3 heterocycles. The van der Waals surface area contributed by atoms with Crippen molar-refractivity contribution >= 4 is 22.9 Å². The minimum Gasteiger partial charge on any atom is -0.469 e. The second kappa shape index (κ2) is 9.07. The van der Waals surface area contributed by atoms with E-state index in [1.807, 2.05) is 11.1 Å². The van der Waals surface area contributed by atoms with Gasteiger partial charge in [-0.2, -0.15) is 14.0 Å². The van der Waals surface area contributed by atoms with E-state index in [4.69, 9.17) is 13.6 Å². The predicted octanol–water partition coefficient (Wildman–Crippen LogP) is 5.57. The second-order valence-electron chi connectivity index (χ2n) is 7.26. The first-order valence-electron chi connectivity index (χ1n) is 10.1. The zero-order chi connectivity index (χ0) is 23.5. The maximum atomic E-state index is 12.8. The Morgan fingerprint density at radius 1 is 1.18 bits per heavy atom. The largest absolute Gasteiger partial charge is 0.469 e. The molecule has 0 fully saturated rings. The topological polar surface area (TPSA) is 97.0 Å². The molecule has 34 heavy (non-hydrogen) atoms. The molecule has 0 unspecified atom stereocenters. The zero-order valence-electron chi connectivity index (χ0n) is 17.5. The summed E-state index contributed by atoms with van der Waals surface area (Å²) in [5.74, 6) is 0.783. The van der Waals surface area contributed by atoms with Gasteiger partial charge in [0, 0.05) is 24.1 Å². The maximum absolute atomic E-state index is 12.8. The van der Waals surface area contributed by atoms with E-state index in [9.17, 15) is 14.0 Å². The van der Waals surface area contributed by atoms with Crippen LogP contribution in [0.25, 0.3) is 16.7 Å². The number of benzene rings is 2. The first kappa shape index (κ1) is 21.2. The van der Waals surface area contributed by atoms with E-state index in [1.165, 1.54) is 18.6 Å². The number of para-hydroxylation sites is 1. The third-order valence-corrected chi connectivity index (χ3v) is 4.95. The van der Waals surface area contributed by atoms with E-state index in [1.54, 1.807) is 42.6 Å². The van der Waals surface area contributed by atoms with Crippen LogP contribution in [0.15, 0.2) is 75.0 Å². The second-order valence-corrected chi connectivity index (χ2v) is 7.26. The first-order valence-corrected chi connectivity index (χ1v) is 10.1. The highest BCUT2D eigenvalue weighted by Gasteiger charge is 2.17. The van der Waals surface area contributed by atoms with Crippen LogP contribution < -0.4 is 9.47 Å². The van der Waals surface area contributed by atoms with Crippen molar-refractivity contribution in [2.24, 2.45) is 4.99 Å². The molecule has 10 heteroatoms. The van der Waals surface area contributed by atoms with Gasteiger partial charge < -0.3 is 23.2 Å². The number of allylic oxidation sites excluding steroid dienone is 1. The van der Waals surface area contributed by atoms with Crippen LogP contribution in [0.5, 0.6) is 17.2 Å². The molecule has 0 spiro atoms. The van der Waals surface area contributed by atoms with Crippen LogP contribution in [0.1, 0.15) is 17.0 Å². The monoisotopic (exact) mass is 462 g/mol. The van der Waals surface area contributed by atoms with Crippen molar-refractivity contribution in [2.75, 3.05) is 6.67 Å². The van der Waals surface area contributed by atoms with Crippen molar-refractivity contribution < 1.29 is 27.1 Å². The van der Waals surface area contributed by atoms with Crippen LogP contribution in [-0.4, -0.2) is 29.4 Å². The zero-order valence-corrected chi connectivity index (χ0v) is 17.5. The summed E-state index contributed by atoms with van der Waals surface area (Å²) in [6, 6.07) is 13.5. The SMILES string of the molecule is N#Cc1cccc2oc(CN3C=C(c4ccc(OC(F)F)c(Oc5ccoc5)c4)C=NC3)nc12. The standard InChI is InChI=1S/C24H16F2N4O4/c25-24(26)34-19-5-4-15(8-21(19)32-18-6-7-31-13-18)17-10-28-14-30(11-17)12-22-29-23-16(9-27)2-1-3-20(23)33-22/h1-8,10-11,13,24H,12,14H2. The molecule has 0 saturated heterocycles. The minimum absolute atomic E-state index is 0.105. The fourth-order valence-electron chi connectivity index (χ4n) is 3.48. The molecule has 2 aromatic carbocycles. The lowest BCUT2D eigenvalue weighted by atomic mass is 10.1. The van der Waals surface area contributed by atoms with Crippen molar-refractivity contribution in [3.05, 3.63) is 78.2 Å². The summed E-state index contributed by atoms with van der Waals surface area (Å²) in [5.41, 5.74) is 2.89. The van der Waals surface area contributed by atoms with E-state index in [0.717, 1.165) is 5.57 Å². The van der Waals surface area contributed by atoms with Gasteiger partial charge in [0.2, 0.25) is 5.89 Å². The molecule has 0 saturated carbocycles. The number of aliphatic imine (C=N–C) groups is 1. The molecule has 170 valence electrons. The molecule has 5 rings (SSSR count). The Hall–Kier alpha value is -4.65. The highest BCUT2D eigenvalue weighted by atomic mass is 19.3. The van der Waals surface area contributed by atoms with Gasteiger partial charge in [-0.3, -0.25) is 4.99 Å². The van der Waals surface area contributed by atoms with E-state index in [0.29, 0.717) is 47.1 Å². The molecular formula is C24H16F2N4O4. The molecule has 0 bridgehead atoms. The van der Waals surface area contributed by atoms with E-state index in [2.05, 4.69) is 20.8 Å². The van der Waals surface area contributed by atoms with E-state index < -0.39 is 6.61 Å². The first-order chi connectivity index (χ1) is 16.6. The van der Waals surface area contributed by atoms with Crippen LogP contribution in [0, 0.1) is 11.3 Å². The highest BCUT2D eigenvalue weighted by molar-refractivity contribution is 6.10. The van der Waals surface area contributed by atoms with Crippen molar-refractivity contribution in [2.45, 2.75) is 13.2 Å². The highest BCUT2D eigenvalue weighted by Crippen LogP contribution is 2.36. The Kier molecular flexibility index (Phi) is 5.66. The molecule has 0 N–H and O–H groups in total.